The summed E-state index contributed by atoms with van der Waals surface area (Å²) in [6.45, 7) is 14.2. The molecule has 1 aromatic heterocycles. The van der Waals surface area contributed by atoms with E-state index >= 15 is 0 Å². The highest BCUT2D eigenvalue weighted by molar-refractivity contribution is 6.00. The van der Waals surface area contributed by atoms with Gasteiger partial charge in [-0.25, -0.2) is 9.18 Å². The summed E-state index contributed by atoms with van der Waals surface area (Å²) in [7, 11) is 1.28. The number of carbonyl (C=O) groups is 4. The third-order valence-corrected chi connectivity index (χ3v) is 7.79. The van der Waals surface area contributed by atoms with Gasteiger partial charge in [-0.1, -0.05) is 6.08 Å². The van der Waals surface area contributed by atoms with Gasteiger partial charge in [-0.15, -0.1) is 0 Å². The van der Waals surface area contributed by atoms with Crippen LogP contribution in [0.3, 0.4) is 0 Å². The zero-order chi connectivity index (χ0) is 32.8. The Morgan fingerprint density at radius 3 is 2.32 bits per heavy atom. The van der Waals surface area contributed by atoms with Crippen molar-refractivity contribution >= 4 is 36.6 Å². The molecular formula is C31H48FN7O5. The first-order valence-electron chi connectivity index (χ1n) is 15.3. The van der Waals surface area contributed by atoms with Gasteiger partial charge in [-0.2, -0.15) is 10.2 Å². The minimum absolute atomic E-state index is 0.0131. The minimum atomic E-state index is -1.74. The first kappa shape index (κ1) is 34.7. The minimum Gasteiger partial charge on any atom is -0.444 e. The van der Waals surface area contributed by atoms with Crippen molar-refractivity contribution in [2.24, 2.45) is 28.8 Å². The molecule has 1 aromatic rings. The fourth-order valence-corrected chi connectivity index (χ4v) is 5.35. The first-order chi connectivity index (χ1) is 20.7. The molecule has 2 fully saturated rings. The fourth-order valence-electron chi connectivity index (χ4n) is 5.35. The van der Waals surface area contributed by atoms with E-state index < -0.39 is 35.9 Å². The number of hydrogen-bond donors (Lipinski definition) is 2. The number of allylic oxidation sites excluding steroid dienone is 1. The van der Waals surface area contributed by atoms with Crippen molar-refractivity contribution < 1.29 is 28.3 Å². The van der Waals surface area contributed by atoms with E-state index in [9.17, 15) is 23.6 Å². The monoisotopic (exact) mass is 617 g/mol. The Hall–Kier alpha value is -3.77. The van der Waals surface area contributed by atoms with Gasteiger partial charge < -0.3 is 20.2 Å². The summed E-state index contributed by atoms with van der Waals surface area (Å²) < 4.78 is 21.5. The van der Waals surface area contributed by atoms with Crippen molar-refractivity contribution in [2.75, 3.05) is 12.4 Å². The molecule has 0 aromatic carbocycles. The number of nitrogens with one attached hydrogen (secondary N) is 2. The maximum absolute atomic E-state index is 14.9. The number of halogens is 1. The lowest BCUT2D eigenvalue weighted by atomic mass is 9.88. The van der Waals surface area contributed by atoms with Crippen LogP contribution >= 0.6 is 0 Å². The largest absolute Gasteiger partial charge is 0.444 e. The molecule has 2 aliphatic carbocycles. The van der Waals surface area contributed by atoms with E-state index in [0.717, 1.165) is 30.6 Å². The number of aromatic nitrogens is 2. The van der Waals surface area contributed by atoms with E-state index in [-0.39, 0.29) is 30.8 Å². The van der Waals surface area contributed by atoms with Gasteiger partial charge in [0.05, 0.1) is 18.4 Å². The van der Waals surface area contributed by atoms with Gasteiger partial charge in [0.25, 0.3) is 5.91 Å². The molecule has 0 saturated heterocycles. The van der Waals surface area contributed by atoms with Crippen molar-refractivity contribution in [3.8, 4) is 0 Å². The molecule has 244 valence electrons. The summed E-state index contributed by atoms with van der Waals surface area (Å²) in [5, 5.41) is 15.6. The van der Waals surface area contributed by atoms with Gasteiger partial charge in [0.1, 0.15) is 23.6 Å². The number of anilines is 1. The third-order valence-electron chi connectivity index (χ3n) is 7.79. The lowest BCUT2D eigenvalue weighted by Gasteiger charge is -2.30. The van der Waals surface area contributed by atoms with Crippen LogP contribution in [0, 0.1) is 23.7 Å². The number of hydrogen-bond acceptors (Lipinski definition) is 8. The van der Waals surface area contributed by atoms with E-state index in [1.807, 2.05) is 13.8 Å². The molecule has 13 heteroatoms. The second-order valence-corrected chi connectivity index (χ2v) is 13.1. The molecule has 2 aliphatic rings. The van der Waals surface area contributed by atoms with Crippen molar-refractivity contribution in [3.63, 3.8) is 0 Å². The number of amides is 3. The Labute approximate surface area is 259 Å². The fraction of sp³-hybridized carbons (Fsp3) is 0.677. The van der Waals surface area contributed by atoms with Crippen molar-refractivity contribution in [2.45, 2.75) is 104 Å². The van der Waals surface area contributed by atoms with Crippen LogP contribution in [0.4, 0.5) is 14.9 Å². The molecule has 0 bridgehead atoms. The van der Waals surface area contributed by atoms with Crippen LogP contribution in [0.15, 0.2) is 29.3 Å². The van der Waals surface area contributed by atoms with Gasteiger partial charge in [0.15, 0.2) is 6.30 Å². The Balaban J connectivity index is 1.69. The lowest BCUT2D eigenvalue weighted by Crippen LogP contribution is -2.51. The van der Waals surface area contributed by atoms with Crippen LogP contribution in [-0.2, 0) is 25.7 Å². The van der Waals surface area contributed by atoms with Gasteiger partial charge in [-0.05, 0) is 85.0 Å². The molecule has 3 atom stereocenters. The normalized spacial score (nSPS) is 17.5. The van der Waals surface area contributed by atoms with Crippen LogP contribution in [-0.4, -0.2) is 81.6 Å². The lowest BCUT2D eigenvalue weighted by molar-refractivity contribution is -0.127. The number of aldehydes is 1. The van der Waals surface area contributed by atoms with Gasteiger partial charge in [0, 0.05) is 38.3 Å². The summed E-state index contributed by atoms with van der Waals surface area (Å²) in [5.41, 5.74) is -0.0831. The second-order valence-electron chi connectivity index (χ2n) is 13.1. The van der Waals surface area contributed by atoms with Crippen LogP contribution < -0.4 is 10.6 Å². The number of alkyl halides is 1. The maximum Gasteiger partial charge on any atom is 0.412 e. The van der Waals surface area contributed by atoms with Crippen LogP contribution in [0.5, 0.6) is 0 Å². The van der Waals surface area contributed by atoms with Crippen molar-refractivity contribution in [3.05, 3.63) is 24.2 Å². The zero-order valence-corrected chi connectivity index (χ0v) is 27.0. The Morgan fingerprint density at radius 2 is 1.84 bits per heavy atom. The molecule has 3 rings (SSSR count). The zero-order valence-electron chi connectivity index (χ0n) is 27.0. The van der Waals surface area contributed by atoms with Crippen LogP contribution in [0.1, 0.15) is 73.6 Å². The highest BCUT2D eigenvalue weighted by Gasteiger charge is 2.48. The quantitative estimate of drug-likeness (QED) is 0.0925. The van der Waals surface area contributed by atoms with Crippen LogP contribution in [0.2, 0.25) is 0 Å². The predicted molar refractivity (Wildman–Crippen MR) is 165 cm³/mol. The topological polar surface area (TPSA) is 138 Å². The summed E-state index contributed by atoms with van der Waals surface area (Å²) >= 11 is 0. The highest BCUT2D eigenvalue weighted by atomic mass is 19.1. The van der Waals surface area contributed by atoms with Crippen molar-refractivity contribution in [1.82, 2.24) is 25.0 Å². The molecule has 44 heavy (non-hydrogen) atoms. The molecule has 3 unspecified atom stereocenters. The molecule has 2 N–H and O–H groups in total. The average Bonchev–Trinajstić information content (AvgIpc) is 3.89. The number of ether oxygens (including phenoxy) is 1. The Kier molecular flexibility index (Phi) is 11.7. The van der Waals surface area contributed by atoms with Gasteiger partial charge in [-0.3, -0.25) is 24.2 Å². The molecule has 12 nitrogen and oxygen atoms in total. The highest BCUT2D eigenvalue weighted by Crippen LogP contribution is 2.51. The van der Waals surface area contributed by atoms with E-state index in [1.165, 1.54) is 22.9 Å². The summed E-state index contributed by atoms with van der Waals surface area (Å²) in [6, 6.07) is -0.871. The maximum atomic E-state index is 14.9. The van der Waals surface area contributed by atoms with E-state index in [4.69, 9.17) is 4.74 Å². The van der Waals surface area contributed by atoms with Gasteiger partial charge in [0.2, 0.25) is 5.91 Å². The Bertz CT molecular complexity index is 1210. The average molecular weight is 618 g/mol. The molecule has 0 radical (unpaired) electrons. The molecule has 1 heterocycles. The standard InChI is InChI=1S/C31H48FN7O5/c1-9-24(39(33-7)19(2)3)28(41)36-27(26(21-10-11-21)22-12-13-22)29(42)35-23-15-34-38(17-23)16-20(18-40)14-25(32)37(8)30(43)44-31(4,5)6/h9,15,17-22,25-27H,7,10-14,16H2,1-6,8H3,(H,35,42)(H,36,41)/b24-9-. The molecular weight excluding hydrogens is 569 g/mol. The first-order valence-corrected chi connectivity index (χ1v) is 15.3. The molecule has 3 amide bonds. The summed E-state index contributed by atoms with van der Waals surface area (Å²) in [4.78, 5) is 52.0. The van der Waals surface area contributed by atoms with Crippen LogP contribution in [0.25, 0.3) is 0 Å². The van der Waals surface area contributed by atoms with Gasteiger partial charge >= 0.3 is 6.09 Å². The number of rotatable bonds is 16. The number of carbonyl (C=O) groups excluding carboxylic acids is 4. The predicted octanol–water partition coefficient (Wildman–Crippen LogP) is 4.34. The second kappa shape index (κ2) is 14.8. The molecule has 2 saturated carbocycles. The van der Waals surface area contributed by atoms with Crippen molar-refractivity contribution in [1.29, 1.82) is 0 Å². The number of nitrogens with zero attached hydrogens (tertiary/aromatic N) is 5. The molecule has 0 aliphatic heterocycles. The van der Waals surface area contributed by atoms with E-state index in [1.54, 1.807) is 40.0 Å². The summed E-state index contributed by atoms with van der Waals surface area (Å²) in [5.74, 6) is -0.790. The number of hydrazone groups is 1. The smallest absolute Gasteiger partial charge is 0.412 e. The Morgan fingerprint density at radius 1 is 1.23 bits per heavy atom. The third kappa shape index (κ3) is 9.62. The van der Waals surface area contributed by atoms with E-state index in [0.29, 0.717) is 29.5 Å². The summed E-state index contributed by atoms with van der Waals surface area (Å²) in [6.07, 6.45) is 6.54. The van der Waals surface area contributed by atoms with E-state index in [2.05, 4.69) is 27.6 Å². The molecule has 0 spiro atoms. The SMILES string of the molecule is C=NN(/C(=C\C)C(=O)NC(C(=O)Nc1cnn(CC(C=O)CC(F)N(C)C(=O)OC(C)(C)C)c1)C(C1CC1)C1CC1)C(C)C.